The van der Waals surface area contributed by atoms with Crippen molar-refractivity contribution < 1.29 is 9.18 Å². The van der Waals surface area contributed by atoms with Crippen molar-refractivity contribution in [2.24, 2.45) is 0 Å². The van der Waals surface area contributed by atoms with E-state index in [0.717, 1.165) is 0 Å². The first kappa shape index (κ1) is 12.5. The maximum absolute atomic E-state index is 13.2. The summed E-state index contributed by atoms with van der Waals surface area (Å²) in [6.07, 6.45) is 1.41. The average Bonchev–Trinajstić information content (AvgIpc) is 2.08. The van der Waals surface area contributed by atoms with E-state index in [9.17, 15) is 9.18 Å². The Hall–Kier alpha value is -0.560. The minimum atomic E-state index is -1.95. The Morgan fingerprint density at radius 3 is 2.60 bits per heavy atom. The number of amides is 1. The predicted molar refractivity (Wildman–Crippen MR) is 61.2 cm³/mol. The molecule has 1 amide bonds. The summed E-state index contributed by atoms with van der Waals surface area (Å²) in [7, 11) is 0. The quantitative estimate of drug-likeness (QED) is 0.900. The fraction of sp³-hybridized carbons (Fsp3) is 0.375. The van der Waals surface area contributed by atoms with Crippen molar-refractivity contribution in [1.82, 2.24) is 9.97 Å². The van der Waals surface area contributed by atoms with E-state index in [1.54, 1.807) is 0 Å². The number of anilines is 1. The molecule has 1 rings (SSSR count). The van der Waals surface area contributed by atoms with Gasteiger partial charge in [-0.25, -0.2) is 14.4 Å². The monoisotopic (exact) mass is 339 g/mol. The summed E-state index contributed by atoms with van der Waals surface area (Å²) >= 11 is 6.21. The lowest BCUT2D eigenvalue weighted by Gasteiger charge is -2.13. The molecule has 0 unspecified atom stereocenters. The minimum absolute atomic E-state index is 0.189. The van der Waals surface area contributed by atoms with Crippen molar-refractivity contribution in [3.8, 4) is 0 Å². The highest BCUT2D eigenvalue weighted by molar-refractivity contribution is 9.11. The van der Waals surface area contributed by atoms with Gasteiger partial charge in [0, 0.05) is 0 Å². The molecule has 1 aromatic heterocycles. The van der Waals surface area contributed by atoms with Crippen molar-refractivity contribution in [2.45, 2.75) is 19.5 Å². The third kappa shape index (κ3) is 3.49. The van der Waals surface area contributed by atoms with Gasteiger partial charge in [-0.05, 0) is 45.7 Å². The van der Waals surface area contributed by atoms with Crippen molar-refractivity contribution in [3.63, 3.8) is 0 Å². The second-order valence-corrected chi connectivity index (χ2v) is 4.82. The normalized spacial score (nSPS) is 11.3. The highest BCUT2D eigenvalue weighted by atomic mass is 79.9. The SMILES string of the molecule is CC(C)(F)C(=O)Nc1ncc(Br)nc1Br. The molecular weight excluding hydrogens is 333 g/mol. The van der Waals surface area contributed by atoms with E-state index in [0.29, 0.717) is 9.21 Å². The summed E-state index contributed by atoms with van der Waals surface area (Å²) in [5.41, 5.74) is -1.95. The lowest BCUT2D eigenvalue weighted by atomic mass is 10.1. The average molecular weight is 341 g/mol. The van der Waals surface area contributed by atoms with Gasteiger partial charge in [0.2, 0.25) is 0 Å². The molecule has 0 aliphatic heterocycles. The molecule has 0 saturated carbocycles. The van der Waals surface area contributed by atoms with E-state index in [1.165, 1.54) is 20.0 Å². The third-order valence-electron chi connectivity index (χ3n) is 1.47. The lowest BCUT2D eigenvalue weighted by molar-refractivity contribution is -0.125. The zero-order valence-corrected chi connectivity index (χ0v) is 11.2. The molecule has 0 aliphatic carbocycles. The highest BCUT2D eigenvalue weighted by Crippen LogP contribution is 2.21. The fourth-order valence-corrected chi connectivity index (χ4v) is 1.60. The first-order chi connectivity index (χ1) is 6.80. The van der Waals surface area contributed by atoms with Gasteiger partial charge in [0.05, 0.1) is 6.20 Å². The molecule has 15 heavy (non-hydrogen) atoms. The second kappa shape index (κ2) is 4.52. The van der Waals surface area contributed by atoms with Crippen LogP contribution in [0.15, 0.2) is 15.4 Å². The number of aromatic nitrogens is 2. The van der Waals surface area contributed by atoms with Crippen LogP contribution in [0.4, 0.5) is 10.2 Å². The van der Waals surface area contributed by atoms with Crippen LogP contribution in [0, 0.1) is 0 Å². The molecule has 1 aromatic rings. The van der Waals surface area contributed by atoms with Gasteiger partial charge in [0.15, 0.2) is 11.5 Å². The molecule has 0 aliphatic rings. The van der Waals surface area contributed by atoms with Gasteiger partial charge in [-0.2, -0.15) is 0 Å². The molecule has 0 spiro atoms. The van der Waals surface area contributed by atoms with Crippen molar-refractivity contribution >= 4 is 43.6 Å². The van der Waals surface area contributed by atoms with Gasteiger partial charge < -0.3 is 5.32 Å². The number of alkyl halides is 1. The van der Waals surface area contributed by atoms with E-state index in [1.807, 2.05) is 0 Å². The van der Waals surface area contributed by atoms with Crippen LogP contribution in [0.5, 0.6) is 0 Å². The van der Waals surface area contributed by atoms with E-state index < -0.39 is 11.6 Å². The van der Waals surface area contributed by atoms with Crippen LogP contribution in [0.3, 0.4) is 0 Å². The molecule has 4 nitrogen and oxygen atoms in total. The van der Waals surface area contributed by atoms with E-state index in [2.05, 4.69) is 47.1 Å². The molecule has 0 bridgehead atoms. The maximum Gasteiger partial charge on any atom is 0.262 e. The molecule has 0 atom stereocenters. The Labute approximate surface area is 103 Å². The number of nitrogens with one attached hydrogen (secondary N) is 1. The Kier molecular flexibility index (Phi) is 3.77. The maximum atomic E-state index is 13.2. The van der Waals surface area contributed by atoms with Crippen LogP contribution in [-0.2, 0) is 4.79 Å². The first-order valence-corrected chi connectivity index (χ1v) is 5.57. The van der Waals surface area contributed by atoms with Crippen LogP contribution >= 0.6 is 31.9 Å². The predicted octanol–water partition coefficient (Wildman–Crippen LogP) is 2.69. The lowest BCUT2D eigenvalue weighted by Crippen LogP contribution is -2.33. The Morgan fingerprint density at radius 1 is 1.53 bits per heavy atom. The number of halogens is 3. The Morgan fingerprint density at radius 2 is 2.13 bits per heavy atom. The van der Waals surface area contributed by atoms with Crippen molar-refractivity contribution in [3.05, 3.63) is 15.4 Å². The van der Waals surface area contributed by atoms with Crippen molar-refractivity contribution in [1.29, 1.82) is 0 Å². The van der Waals surface area contributed by atoms with Crippen LogP contribution in [-0.4, -0.2) is 21.5 Å². The molecule has 0 saturated heterocycles. The first-order valence-electron chi connectivity index (χ1n) is 3.99. The van der Waals surface area contributed by atoms with Gasteiger partial charge in [-0.3, -0.25) is 4.79 Å². The standard InChI is InChI=1S/C8H8Br2FN3O/c1-8(2,11)7(15)14-6-5(10)13-4(9)3-12-6/h3H,1-2H3,(H,12,14,15). The second-order valence-electron chi connectivity index (χ2n) is 3.26. The number of rotatable bonds is 2. The topological polar surface area (TPSA) is 54.9 Å². The molecule has 1 heterocycles. The van der Waals surface area contributed by atoms with Gasteiger partial charge >= 0.3 is 0 Å². The Bertz CT molecular complexity index is 392. The summed E-state index contributed by atoms with van der Waals surface area (Å²) in [5, 5.41) is 2.32. The summed E-state index contributed by atoms with van der Waals surface area (Å²) in [5.74, 6) is -0.575. The summed E-state index contributed by atoms with van der Waals surface area (Å²) in [4.78, 5) is 19.1. The third-order valence-corrected chi connectivity index (χ3v) is 2.41. The summed E-state index contributed by atoms with van der Waals surface area (Å²) < 4.78 is 14.1. The van der Waals surface area contributed by atoms with Gasteiger partial charge in [-0.15, -0.1) is 0 Å². The number of nitrogens with zero attached hydrogens (tertiary/aromatic N) is 2. The number of carbonyl (C=O) groups excluding carboxylic acids is 1. The van der Waals surface area contributed by atoms with Gasteiger partial charge in [0.1, 0.15) is 9.21 Å². The number of carbonyl (C=O) groups is 1. The minimum Gasteiger partial charge on any atom is -0.306 e. The van der Waals surface area contributed by atoms with Crippen LogP contribution in [0.2, 0.25) is 0 Å². The van der Waals surface area contributed by atoms with Crippen LogP contribution in [0.1, 0.15) is 13.8 Å². The van der Waals surface area contributed by atoms with Crippen LogP contribution in [0.25, 0.3) is 0 Å². The number of hydrogen-bond donors (Lipinski definition) is 1. The van der Waals surface area contributed by atoms with Gasteiger partial charge in [-0.1, -0.05) is 0 Å². The molecule has 0 fully saturated rings. The smallest absolute Gasteiger partial charge is 0.262 e. The van der Waals surface area contributed by atoms with E-state index in [-0.39, 0.29) is 5.82 Å². The van der Waals surface area contributed by atoms with Crippen molar-refractivity contribution in [2.75, 3.05) is 5.32 Å². The summed E-state index contributed by atoms with van der Waals surface area (Å²) in [6, 6.07) is 0. The fourth-order valence-electron chi connectivity index (χ4n) is 0.687. The van der Waals surface area contributed by atoms with E-state index in [4.69, 9.17) is 0 Å². The molecule has 82 valence electrons. The van der Waals surface area contributed by atoms with Gasteiger partial charge in [0.25, 0.3) is 5.91 Å². The molecule has 0 aromatic carbocycles. The van der Waals surface area contributed by atoms with Crippen LogP contribution < -0.4 is 5.32 Å². The molecule has 0 radical (unpaired) electrons. The zero-order valence-electron chi connectivity index (χ0n) is 8.01. The van der Waals surface area contributed by atoms with E-state index >= 15 is 0 Å². The molecule has 1 N–H and O–H groups in total. The number of hydrogen-bond acceptors (Lipinski definition) is 3. The highest BCUT2D eigenvalue weighted by Gasteiger charge is 2.27. The summed E-state index contributed by atoms with van der Waals surface area (Å²) in [6.45, 7) is 2.34. The molecule has 7 heteroatoms. The largest absolute Gasteiger partial charge is 0.306 e. The Balaban J connectivity index is 2.87. The zero-order chi connectivity index (χ0) is 11.6. The molecular formula is C8H8Br2FN3O.